The molecule has 2 heterocycles. The van der Waals surface area contributed by atoms with E-state index in [0.29, 0.717) is 18.4 Å². The van der Waals surface area contributed by atoms with Gasteiger partial charge in [0.1, 0.15) is 12.2 Å². The van der Waals surface area contributed by atoms with Gasteiger partial charge in [0.15, 0.2) is 0 Å². The number of carbonyl (C=O) groups excluding carboxylic acids is 1. The Balaban J connectivity index is 1.66. The van der Waals surface area contributed by atoms with Gasteiger partial charge in [-0.05, 0) is 57.9 Å². The first kappa shape index (κ1) is 19.8. The highest BCUT2D eigenvalue weighted by molar-refractivity contribution is 5.69. The van der Waals surface area contributed by atoms with E-state index >= 15 is 0 Å². The molecule has 0 aromatic carbocycles. The summed E-state index contributed by atoms with van der Waals surface area (Å²) >= 11 is 0. The molecule has 3 rings (SSSR count). The average Bonchev–Trinajstić information content (AvgIpc) is 3.27. The molecule has 8 heteroatoms. The summed E-state index contributed by atoms with van der Waals surface area (Å²) < 4.78 is 49.7. The van der Waals surface area contributed by atoms with Crippen molar-refractivity contribution in [2.24, 2.45) is 11.8 Å². The quantitative estimate of drug-likeness (QED) is 0.771. The molecule has 1 saturated heterocycles. The van der Waals surface area contributed by atoms with Crippen LogP contribution in [0.3, 0.4) is 0 Å². The van der Waals surface area contributed by atoms with E-state index in [1.165, 1.54) is 13.0 Å². The largest absolute Gasteiger partial charge is 0.475 e. The van der Waals surface area contributed by atoms with Gasteiger partial charge in [0, 0.05) is 18.8 Å². The molecule has 1 aliphatic heterocycles. The molecule has 3 atom stereocenters. The van der Waals surface area contributed by atoms with Crippen molar-refractivity contribution >= 4 is 6.09 Å². The molecule has 1 saturated carbocycles. The average molecular weight is 386 g/mol. The van der Waals surface area contributed by atoms with Gasteiger partial charge in [-0.25, -0.2) is 9.78 Å². The van der Waals surface area contributed by atoms with Gasteiger partial charge in [0.05, 0.1) is 11.6 Å². The van der Waals surface area contributed by atoms with Gasteiger partial charge in [-0.1, -0.05) is 0 Å². The molecule has 1 amide bonds. The predicted octanol–water partition coefficient (Wildman–Crippen LogP) is 4.43. The van der Waals surface area contributed by atoms with Gasteiger partial charge >= 0.3 is 12.3 Å². The Hall–Kier alpha value is -1.99. The number of aryl methyl sites for hydroxylation is 1. The van der Waals surface area contributed by atoms with Crippen LogP contribution in [0.5, 0.6) is 5.88 Å². The molecule has 150 valence electrons. The van der Waals surface area contributed by atoms with E-state index in [2.05, 4.69) is 4.98 Å². The lowest BCUT2D eigenvalue weighted by Crippen LogP contribution is -2.49. The van der Waals surface area contributed by atoms with Crippen molar-refractivity contribution in [2.75, 3.05) is 13.2 Å². The van der Waals surface area contributed by atoms with Gasteiger partial charge in [-0.2, -0.15) is 13.2 Å². The number of alkyl halides is 3. The Kier molecular flexibility index (Phi) is 5.03. The Labute approximate surface area is 156 Å². The summed E-state index contributed by atoms with van der Waals surface area (Å²) in [7, 11) is 0. The molecule has 0 spiro atoms. The predicted molar refractivity (Wildman–Crippen MR) is 92.4 cm³/mol. The number of halogens is 3. The summed E-state index contributed by atoms with van der Waals surface area (Å²) in [6.07, 6.45) is -2.13. The highest BCUT2D eigenvalue weighted by Crippen LogP contribution is 2.47. The van der Waals surface area contributed by atoms with Crippen molar-refractivity contribution in [3.63, 3.8) is 0 Å². The number of hydrogen-bond donors (Lipinski definition) is 0. The van der Waals surface area contributed by atoms with Crippen molar-refractivity contribution in [3.05, 3.63) is 23.4 Å². The standard InChI is InChI=1S/C19H25F3N2O3/c1-11-5-16(23-8-15(11)19(20,21)22)26-10-14-7-12-6-13(12)9-24(14)17(25)27-18(2,3)4/h5,8,12-14H,6-7,9-10H2,1-4H3/t12-,13?,14+/m1/s1. The molecular formula is C19H25F3N2O3. The number of fused-ring (bicyclic) bond motifs is 1. The minimum atomic E-state index is -4.44. The maximum Gasteiger partial charge on any atom is 0.418 e. The van der Waals surface area contributed by atoms with E-state index < -0.39 is 17.3 Å². The molecule has 2 fully saturated rings. The molecule has 1 aromatic rings. The second kappa shape index (κ2) is 6.87. The van der Waals surface area contributed by atoms with Crippen LogP contribution in [0.1, 0.15) is 44.7 Å². The third kappa shape index (κ3) is 4.84. The van der Waals surface area contributed by atoms with Gasteiger partial charge < -0.3 is 14.4 Å². The Morgan fingerprint density at radius 2 is 1.96 bits per heavy atom. The zero-order valence-corrected chi connectivity index (χ0v) is 16.0. The van der Waals surface area contributed by atoms with E-state index in [9.17, 15) is 18.0 Å². The maximum absolute atomic E-state index is 12.8. The molecular weight excluding hydrogens is 361 g/mol. The van der Waals surface area contributed by atoms with Crippen LogP contribution in [-0.4, -0.2) is 40.8 Å². The zero-order valence-electron chi connectivity index (χ0n) is 16.0. The Morgan fingerprint density at radius 1 is 1.26 bits per heavy atom. The summed E-state index contributed by atoms with van der Waals surface area (Å²) in [5.41, 5.74) is -1.30. The van der Waals surface area contributed by atoms with Crippen LogP contribution in [0.25, 0.3) is 0 Å². The Morgan fingerprint density at radius 3 is 2.56 bits per heavy atom. The number of hydrogen-bond acceptors (Lipinski definition) is 4. The fraction of sp³-hybridized carbons (Fsp3) is 0.684. The maximum atomic E-state index is 12.8. The number of aromatic nitrogens is 1. The zero-order chi connectivity index (χ0) is 20.0. The van der Waals surface area contributed by atoms with Gasteiger partial charge in [-0.3, -0.25) is 0 Å². The summed E-state index contributed by atoms with van der Waals surface area (Å²) in [5.74, 6) is 1.22. The fourth-order valence-corrected chi connectivity index (χ4v) is 3.49. The van der Waals surface area contributed by atoms with E-state index in [-0.39, 0.29) is 30.2 Å². The first-order valence-electron chi connectivity index (χ1n) is 9.10. The number of pyridine rings is 1. The summed E-state index contributed by atoms with van der Waals surface area (Å²) in [5, 5.41) is 0. The lowest BCUT2D eigenvalue weighted by atomic mass is 10.0. The fourth-order valence-electron chi connectivity index (χ4n) is 3.49. The molecule has 27 heavy (non-hydrogen) atoms. The summed E-state index contributed by atoms with van der Waals surface area (Å²) in [4.78, 5) is 18.0. The van der Waals surface area contributed by atoms with Crippen molar-refractivity contribution < 1.29 is 27.4 Å². The topological polar surface area (TPSA) is 51.7 Å². The molecule has 5 nitrogen and oxygen atoms in total. The molecule has 0 radical (unpaired) electrons. The second-order valence-corrected chi connectivity index (χ2v) is 8.42. The normalized spacial score (nSPS) is 25.0. The summed E-state index contributed by atoms with van der Waals surface area (Å²) in [6, 6.07) is 1.11. The van der Waals surface area contributed by atoms with E-state index in [0.717, 1.165) is 19.0 Å². The number of nitrogens with zero attached hydrogens (tertiary/aromatic N) is 2. The van der Waals surface area contributed by atoms with Crippen molar-refractivity contribution in [1.82, 2.24) is 9.88 Å². The van der Waals surface area contributed by atoms with Crippen LogP contribution in [-0.2, 0) is 10.9 Å². The van der Waals surface area contributed by atoms with Gasteiger partial charge in [0.2, 0.25) is 5.88 Å². The molecule has 2 aliphatic rings. The van der Waals surface area contributed by atoms with Crippen LogP contribution >= 0.6 is 0 Å². The Bertz CT molecular complexity index is 715. The number of amides is 1. The molecule has 1 unspecified atom stereocenters. The number of likely N-dealkylation sites (tertiary alicyclic amines) is 1. The van der Waals surface area contributed by atoms with Crippen molar-refractivity contribution in [3.8, 4) is 5.88 Å². The molecule has 1 aromatic heterocycles. The monoisotopic (exact) mass is 386 g/mol. The number of ether oxygens (including phenoxy) is 2. The molecule has 0 N–H and O–H groups in total. The van der Waals surface area contributed by atoms with Crippen LogP contribution in [0.15, 0.2) is 12.3 Å². The highest BCUT2D eigenvalue weighted by Gasteiger charge is 2.48. The van der Waals surface area contributed by atoms with Crippen LogP contribution in [0.4, 0.5) is 18.0 Å². The van der Waals surface area contributed by atoms with Gasteiger partial charge in [-0.15, -0.1) is 0 Å². The van der Waals surface area contributed by atoms with Crippen molar-refractivity contribution in [2.45, 2.75) is 58.4 Å². The first-order chi connectivity index (χ1) is 12.4. The van der Waals surface area contributed by atoms with E-state index in [1.54, 1.807) is 4.90 Å². The third-order valence-electron chi connectivity index (χ3n) is 4.96. The molecule has 0 bridgehead atoms. The van der Waals surface area contributed by atoms with Crippen LogP contribution in [0.2, 0.25) is 0 Å². The number of rotatable bonds is 3. The lowest BCUT2D eigenvalue weighted by molar-refractivity contribution is -0.138. The first-order valence-corrected chi connectivity index (χ1v) is 9.10. The smallest absolute Gasteiger partial charge is 0.418 e. The van der Waals surface area contributed by atoms with E-state index in [1.807, 2.05) is 20.8 Å². The van der Waals surface area contributed by atoms with Crippen molar-refractivity contribution in [1.29, 1.82) is 0 Å². The minimum absolute atomic E-state index is 0.0578. The lowest BCUT2D eigenvalue weighted by Gasteiger charge is -2.36. The third-order valence-corrected chi connectivity index (χ3v) is 4.96. The number of piperidine rings is 1. The van der Waals surface area contributed by atoms with E-state index in [4.69, 9.17) is 9.47 Å². The SMILES string of the molecule is Cc1cc(OC[C@@H]2C[C@H]3CC3CN2C(=O)OC(C)(C)C)ncc1C(F)(F)F. The number of carbonyl (C=O) groups is 1. The second-order valence-electron chi connectivity index (χ2n) is 8.42. The van der Waals surface area contributed by atoms with Crippen LogP contribution < -0.4 is 4.74 Å². The highest BCUT2D eigenvalue weighted by atomic mass is 19.4. The van der Waals surface area contributed by atoms with Gasteiger partial charge in [0.25, 0.3) is 0 Å². The minimum Gasteiger partial charge on any atom is -0.475 e. The molecule has 1 aliphatic carbocycles. The summed E-state index contributed by atoms with van der Waals surface area (Å²) in [6.45, 7) is 7.63. The van der Waals surface area contributed by atoms with Crippen LogP contribution in [0, 0.1) is 18.8 Å².